The summed E-state index contributed by atoms with van der Waals surface area (Å²) in [6.45, 7) is 3.65. The molecule has 138 valence electrons. The van der Waals surface area contributed by atoms with Gasteiger partial charge in [-0.05, 0) is 55.5 Å². The molecule has 0 aromatic heterocycles. The van der Waals surface area contributed by atoms with E-state index >= 15 is 0 Å². The highest BCUT2D eigenvalue weighted by molar-refractivity contribution is 5.75. The number of benzene rings is 2. The number of carbonyl (C=O) groups is 2. The van der Waals surface area contributed by atoms with Crippen molar-refractivity contribution < 1.29 is 28.5 Å². The van der Waals surface area contributed by atoms with E-state index in [9.17, 15) is 9.59 Å². The maximum absolute atomic E-state index is 10.7. The normalized spacial score (nSPS) is 10.5. The molecule has 26 heavy (non-hydrogen) atoms. The maximum atomic E-state index is 10.7. The van der Waals surface area contributed by atoms with Crippen LogP contribution in [0.25, 0.3) is 0 Å². The van der Waals surface area contributed by atoms with Crippen LogP contribution in [0.4, 0.5) is 0 Å². The number of ether oxygens (including phenoxy) is 4. The predicted octanol–water partition coefficient (Wildman–Crippen LogP) is 3.15. The van der Waals surface area contributed by atoms with Crippen molar-refractivity contribution in [1.29, 1.82) is 0 Å². The maximum Gasteiger partial charge on any atom is 0.264 e. The van der Waals surface area contributed by atoms with Crippen LogP contribution in [0.1, 0.15) is 27.6 Å². The van der Waals surface area contributed by atoms with Crippen molar-refractivity contribution >= 4 is 12.6 Å². The monoisotopic (exact) mass is 358 g/mol. The SMILES string of the molecule is CCOCCOCC(Oc1ccc(C=O)cc1)Oc1ccc(C=O)cc1. The van der Waals surface area contributed by atoms with E-state index < -0.39 is 6.29 Å². The average Bonchev–Trinajstić information content (AvgIpc) is 2.69. The first-order valence-corrected chi connectivity index (χ1v) is 8.34. The van der Waals surface area contributed by atoms with Crippen LogP contribution in [0.15, 0.2) is 48.5 Å². The summed E-state index contributed by atoms with van der Waals surface area (Å²) < 4.78 is 22.4. The first-order chi connectivity index (χ1) is 12.7. The van der Waals surface area contributed by atoms with Crippen LogP contribution in [0.5, 0.6) is 11.5 Å². The Morgan fingerprint density at radius 3 is 1.65 bits per heavy atom. The smallest absolute Gasteiger partial charge is 0.264 e. The molecule has 0 aliphatic heterocycles. The van der Waals surface area contributed by atoms with E-state index in [1.54, 1.807) is 48.5 Å². The molecule has 0 amide bonds. The third kappa shape index (κ3) is 6.66. The minimum atomic E-state index is -0.694. The third-order valence-corrected chi connectivity index (χ3v) is 3.40. The third-order valence-electron chi connectivity index (χ3n) is 3.40. The predicted molar refractivity (Wildman–Crippen MR) is 96.0 cm³/mol. The fourth-order valence-corrected chi connectivity index (χ4v) is 2.09. The number of rotatable bonds is 12. The lowest BCUT2D eigenvalue weighted by molar-refractivity contribution is -0.0684. The molecule has 0 unspecified atom stereocenters. The van der Waals surface area contributed by atoms with E-state index in [0.29, 0.717) is 42.4 Å². The van der Waals surface area contributed by atoms with Gasteiger partial charge in [0.15, 0.2) is 0 Å². The van der Waals surface area contributed by atoms with Gasteiger partial charge in [-0.1, -0.05) is 0 Å². The summed E-state index contributed by atoms with van der Waals surface area (Å²) >= 11 is 0. The average molecular weight is 358 g/mol. The molecule has 0 atom stereocenters. The second kappa shape index (κ2) is 11.0. The second-order valence-electron chi connectivity index (χ2n) is 5.31. The Morgan fingerprint density at radius 2 is 1.23 bits per heavy atom. The zero-order valence-corrected chi connectivity index (χ0v) is 14.6. The number of carbonyl (C=O) groups excluding carboxylic acids is 2. The molecule has 0 heterocycles. The van der Waals surface area contributed by atoms with Gasteiger partial charge >= 0.3 is 0 Å². The molecule has 0 fully saturated rings. The summed E-state index contributed by atoms with van der Waals surface area (Å²) in [5.74, 6) is 1.11. The molecule has 2 aromatic rings. The highest BCUT2D eigenvalue weighted by Gasteiger charge is 2.13. The fourth-order valence-electron chi connectivity index (χ4n) is 2.09. The van der Waals surface area contributed by atoms with Crippen LogP contribution < -0.4 is 9.47 Å². The lowest BCUT2D eigenvalue weighted by Gasteiger charge is -2.21. The second-order valence-corrected chi connectivity index (χ2v) is 5.31. The number of hydrogen-bond acceptors (Lipinski definition) is 6. The van der Waals surface area contributed by atoms with Gasteiger partial charge in [0.05, 0.1) is 13.2 Å². The van der Waals surface area contributed by atoms with E-state index in [1.165, 1.54) is 0 Å². The summed E-state index contributed by atoms with van der Waals surface area (Å²) in [7, 11) is 0. The zero-order chi connectivity index (χ0) is 18.6. The Balaban J connectivity index is 1.98. The van der Waals surface area contributed by atoms with Crippen molar-refractivity contribution in [3.8, 4) is 11.5 Å². The van der Waals surface area contributed by atoms with Crippen molar-refractivity contribution in [1.82, 2.24) is 0 Å². The zero-order valence-electron chi connectivity index (χ0n) is 14.6. The lowest BCUT2D eigenvalue weighted by atomic mass is 10.2. The molecular formula is C20H22O6. The van der Waals surface area contributed by atoms with Gasteiger partial charge in [-0.15, -0.1) is 0 Å². The Kier molecular flexibility index (Phi) is 8.32. The molecule has 0 saturated heterocycles. The molecule has 6 nitrogen and oxygen atoms in total. The molecule has 0 saturated carbocycles. The lowest BCUT2D eigenvalue weighted by Crippen LogP contribution is -2.30. The van der Waals surface area contributed by atoms with Gasteiger partial charge in [-0.3, -0.25) is 9.59 Å². The Labute approximate surface area is 152 Å². The van der Waals surface area contributed by atoms with E-state index in [-0.39, 0.29) is 6.61 Å². The van der Waals surface area contributed by atoms with E-state index in [4.69, 9.17) is 18.9 Å². The summed E-state index contributed by atoms with van der Waals surface area (Å²) in [5, 5.41) is 0. The van der Waals surface area contributed by atoms with Gasteiger partial charge in [0.1, 0.15) is 30.7 Å². The summed E-state index contributed by atoms with van der Waals surface area (Å²) in [4.78, 5) is 21.5. The Morgan fingerprint density at radius 1 is 0.769 bits per heavy atom. The van der Waals surface area contributed by atoms with Gasteiger partial charge in [0.25, 0.3) is 6.29 Å². The van der Waals surface area contributed by atoms with Crippen molar-refractivity contribution in [2.45, 2.75) is 13.2 Å². The molecular weight excluding hydrogens is 336 g/mol. The fraction of sp³-hybridized carbons (Fsp3) is 0.300. The topological polar surface area (TPSA) is 71.1 Å². The van der Waals surface area contributed by atoms with Crippen LogP contribution in [0.2, 0.25) is 0 Å². The van der Waals surface area contributed by atoms with Gasteiger partial charge in [0.2, 0.25) is 0 Å². The van der Waals surface area contributed by atoms with Crippen molar-refractivity contribution in [3.63, 3.8) is 0 Å². The number of hydrogen-bond donors (Lipinski definition) is 0. The van der Waals surface area contributed by atoms with Gasteiger partial charge in [-0.2, -0.15) is 0 Å². The van der Waals surface area contributed by atoms with Crippen LogP contribution in [0, 0.1) is 0 Å². The standard InChI is InChI=1S/C20H22O6/c1-2-23-11-12-24-15-20(25-18-7-3-16(13-21)4-8-18)26-19-9-5-17(14-22)6-10-19/h3-10,13-14,20H,2,11-12,15H2,1H3. The highest BCUT2D eigenvalue weighted by atomic mass is 16.7. The molecule has 0 aliphatic carbocycles. The summed E-state index contributed by atoms with van der Waals surface area (Å²) in [6, 6.07) is 13.4. The molecule has 0 spiro atoms. The van der Waals surface area contributed by atoms with Gasteiger partial charge < -0.3 is 18.9 Å². The summed E-state index contributed by atoms with van der Waals surface area (Å²) in [5.41, 5.74) is 1.12. The quantitative estimate of drug-likeness (QED) is 0.330. The molecule has 2 rings (SSSR count). The highest BCUT2D eigenvalue weighted by Crippen LogP contribution is 2.18. The Bertz CT molecular complexity index is 612. The molecule has 0 radical (unpaired) electrons. The van der Waals surface area contributed by atoms with E-state index in [2.05, 4.69) is 0 Å². The molecule has 6 heteroatoms. The molecule has 0 bridgehead atoms. The van der Waals surface area contributed by atoms with Crippen molar-refractivity contribution in [3.05, 3.63) is 59.7 Å². The van der Waals surface area contributed by atoms with Crippen LogP contribution in [-0.4, -0.2) is 45.3 Å². The van der Waals surface area contributed by atoms with Crippen LogP contribution in [0.3, 0.4) is 0 Å². The Hall–Kier alpha value is -2.70. The molecule has 0 N–H and O–H groups in total. The minimum Gasteiger partial charge on any atom is -0.452 e. The van der Waals surface area contributed by atoms with Crippen molar-refractivity contribution in [2.75, 3.05) is 26.4 Å². The van der Waals surface area contributed by atoms with Crippen molar-refractivity contribution in [2.24, 2.45) is 0 Å². The van der Waals surface area contributed by atoms with E-state index in [0.717, 1.165) is 12.6 Å². The van der Waals surface area contributed by atoms with E-state index in [1.807, 2.05) is 6.92 Å². The minimum absolute atomic E-state index is 0.192. The molecule has 0 aliphatic rings. The van der Waals surface area contributed by atoms with Crippen LogP contribution >= 0.6 is 0 Å². The first kappa shape index (κ1) is 19.6. The number of aldehydes is 2. The first-order valence-electron chi connectivity index (χ1n) is 8.34. The van der Waals surface area contributed by atoms with Gasteiger partial charge in [0, 0.05) is 17.7 Å². The van der Waals surface area contributed by atoms with Crippen LogP contribution in [-0.2, 0) is 9.47 Å². The van der Waals surface area contributed by atoms with Gasteiger partial charge in [-0.25, -0.2) is 0 Å². The molecule has 2 aromatic carbocycles. The summed E-state index contributed by atoms with van der Waals surface area (Å²) in [6.07, 6.45) is 0.840. The largest absolute Gasteiger partial charge is 0.452 e.